The van der Waals surface area contributed by atoms with E-state index in [1.54, 1.807) is 30.8 Å². The predicted octanol–water partition coefficient (Wildman–Crippen LogP) is 3.29. The third kappa shape index (κ3) is 3.89. The van der Waals surface area contributed by atoms with Crippen molar-refractivity contribution in [3.05, 3.63) is 36.4 Å². The molecular formula is C24H28N6O2. The molecular weight excluding hydrogens is 404 g/mol. The monoisotopic (exact) mass is 432 g/mol. The molecule has 2 aliphatic rings. The number of hydrogen-bond donors (Lipinski definition) is 1. The van der Waals surface area contributed by atoms with E-state index in [0.29, 0.717) is 22.5 Å². The molecule has 3 aromatic heterocycles. The summed E-state index contributed by atoms with van der Waals surface area (Å²) < 4.78 is 7.41. The molecule has 1 saturated heterocycles. The molecule has 1 N–H and O–H groups in total. The van der Waals surface area contributed by atoms with E-state index in [-0.39, 0.29) is 6.61 Å². The number of nitriles is 1. The van der Waals surface area contributed by atoms with Gasteiger partial charge in [0.15, 0.2) is 0 Å². The zero-order valence-electron chi connectivity index (χ0n) is 18.7. The fraction of sp³-hybridized carbons (Fsp3) is 0.500. The summed E-state index contributed by atoms with van der Waals surface area (Å²) in [6, 6.07) is 4.03. The van der Waals surface area contributed by atoms with Crippen LogP contribution in [0.5, 0.6) is 5.75 Å². The number of ether oxygens (including phenoxy) is 1. The van der Waals surface area contributed by atoms with Crippen LogP contribution in [0.25, 0.3) is 16.8 Å². The summed E-state index contributed by atoms with van der Waals surface area (Å²) in [4.78, 5) is 11.8. The Morgan fingerprint density at radius 3 is 2.56 bits per heavy atom. The van der Waals surface area contributed by atoms with Crippen LogP contribution in [0.15, 0.2) is 30.9 Å². The largest absolute Gasteiger partial charge is 0.489 e. The molecule has 0 radical (unpaired) electrons. The third-order valence-electron chi connectivity index (χ3n) is 6.52. The first-order valence-corrected chi connectivity index (χ1v) is 11.1. The molecule has 1 aliphatic heterocycles. The van der Waals surface area contributed by atoms with Gasteiger partial charge in [0.2, 0.25) is 0 Å². The second-order valence-corrected chi connectivity index (χ2v) is 9.92. The molecule has 3 atom stereocenters. The molecule has 0 aromatic carbocycles. The van der Waals surface area contributed by atoms with Crippen LogP contribution in [-0.2, 0) is 0 Å². The van der Waals surface area contributed by atoms with Crippen molar-refractivity contribution in [2.75, 3.05) is 24.6 Å². The van der Waals surface area contributed by atoms with Gasteiger partial charge in [0, 0.05) is 18.7 Å². The molecule has 0 spiro atoms. The number of hydrogen-bond acceptors (Lipinski definition) is 7. The predicted molar refractivity (Wildman–Crippen MR) is 120 cm³/mol. The zero-order chi connectivity index (χ0) is 22.5. The normalized spacial score (nSPS) is 22.8. The van der Waals surface area contributed by atoms with Crippen LogP contribution in [-0.4, -0.2) is 50.0 Å². The van der Waals surface area contributed by atoms with Crippen LogP contribution in [0.1, 0.15) is 39.2 Å². The molecule has 4 heterocycles. The van der Waals surface area contributed by atoms with E-state index in [1.807, 2.05) is 12.3 Å². The number of anilines is 1. The topological polar surface area (TPSA) is 99.6 Å². The van der Waals surface area contributed by atoms with Gasteiger partial charge >= 0.3 is 0 Å². The van der Waals surface area contributed by atoms with E-state index < -0.39 is 5.60 Å². The minimum Gasteiger partial charge on any atom is -0.489 e. The van der Waals surface area contributed by atoms with Gasteiger partial charge in [-0.15, -0.1) is 0 Å². The maximum absolute atomic E-state index is 10.0. The molecule has 2 fully saturated rings. The molecule has 3 aromatic rings. The van der Waals surface area contributed by atoms with Crippen LogP contribution in [0.4, 0.5) is 5.82 Å². The maximum Gasteiger partial charge on any atom is 0.147 e. The SMILES string of the molecule is C[C@@H]1C[C@@H]2CN(c3cnc(-c4cc(OCC(C)(C)O)cn5ncc(C#N)c45)cn3)C[C@@H]2C1. The zero-order valence-corrected chi connectivity index (χ0v) is 18.7. The van der Waals surface area contributed by atoms with Gasteiger partial charge in [-0.25, -0.2) is 9.50 Å². The van der Waals surface area contributed by atoms with Gasteiger partial charge in [-0.05, 0) is 50.5 Å². The Balaban J connectivity index is 1.45. The highest BCUT2D eigenvalue weighted by atomic mass is 16.5. The lowest BCUT2D eigenvalue weighted by Crippen LogP contribution is -2.27. The van der Waals surface area contributed by atoms with Gasteiger partial charge in [0.1, 0.15) is 24.2 Å². The number of rotatable bonds is 5. The molecule has 0 bridgehead atoms. The van der Waals surface area contributed by atoms with Gasteiger partial charge in [-0.1, -0.05) is 6.92 Å². The van der Waals surface area contributed by atoms with Crippen molar-refractivity contribution < 1.29 is 9.84 Å². The minimum absolute atomic E-state index is 0.130. The van der Waals surface area contributed by atoms with E-state index in [1.165, 1.54) is 19.0 Å². The molecule has 166 valence electrons. The number of pyridine rings is 1. The quantitative estimate of drug-likeness (QED) is 0.660. The molecule has 1 aliphatic carbocycles. The van der Waals surface area contributed by atoms with Crippen molar-refractivity contribution in [1.82, 2.24) is 19.6 Å². The lowest BCUT2D eigenvalue weighted by atomic mass is 10.0. The van der Waals surface area contributed by atoms with E-state index in [4.69, 9.17) is 14.7 Å². The van der Waals surface area contributed by atoms with Crippen molar-refractivity contribution in [1.29, 1.82) is 5.26 Å². The molecule has 1 saturated carbocycles. The number of fused-ring (bicyclic) bond motifs is 2. The van der Waals surface area contributed by atoms with E-state index in [9.17, 15) is 10.4 Å². The summed E-state index contributed by atoms with van der Waals surface area (Å²) in [6.07, 6.45) is 9.43. The van der Waals surface area contributed by atoms with Crippen LogP contribution in [0, 0.1) is 29.1 Å². The summed E-state index contributed by atoms with van der Waals surface area (Å²) in [5.74, 6) is 3.80. The molecule has 0 amide bonds. The van der Waals surface area contributed by atoms with Crippen molar-refractivity contribution in [2.45, 2.75) is 39.2 Å². The van der Waals surface area contributed by atoms with Gasteiger partial charge in [-0.2, -0.15) is 10.4 Å². The first kappa shape index (κ1) is 20.7. The van der Waals surface area contributed by atoms with Gasteiger partial charge in [0.25, 0.3) is 0 Å². The summed E-state index contributed by atoms with van der Waals surface area (Å²) in [5, 5.41) is 23.9. The highest BCUT2D eigenvalue weighted by Gasteiger charge is 2.39. The molecule has 5 rings (SSSR count). The summed E-state index contributed by atoms with van der Waals surface area (Å²) in [5.41, 5.74) is 1.52. The Morgan fingerprint density at radius 1 is 1.19 bits per heavy atom. The average Bonchev–Trinajstić information content (AvgIpc) is 3.43. The van der Waals surface area contributed by atoms with E-state index >= 15 is 0 Å². The molecule has 8 nitrogen and oxygen atoms in total. The summed E-state index contributed by atoms with van der Waals surface area (Å²) >= 11 is 0. The van der Waals surface area contributed by atoms with Crippen molar-refractivity contribution >= 4 is 11.3 Å². The van der Waals surface area contributed by atoms with E-state index in [0.717, 1.165) is 42.2 Å². The highest BCUT2D eigenvalue weighted by molar-refractivity contribution is 5.83. The Kier molecular flexibility index (Phi) is 5.01. The fourth-order valence-electron chi connectivity index (χ4n) is 5.13. The van der Waals surface area contributed by atoms with Gasteiger partial charge in [-0.3, -0.25) is 4.98 Å². The molecule has 8 heteroatoms. The number of nitrogens with zero attached hydrogens (tertiary/aromatic N) is 6. The Bertz CT molecular complexity index is 1160. The summed E-state index contributed by atoms with van der Waals surface area (Å²) in [7, 11) is 0. The minimum atomic E-state index is -0.968. The third-order valence-corrected chi connectivity index (χ3v) is 6.52. The number of aromatic nitrogens is 4. The smallest absolute Gasteiger partial charge is 0.147 e. The fourth-order valence-corrected chi connectivity index (χ4v) is 5.13. The lowest BCUT2D eigenvalue weighted by Gasteiger charge is -2.19. The van der Waals surface area contributed by atoms with Gasteiger partial charge < -0.3 is 14.7 Å². The first-order valence-electron chi connectivity index (χ1n) is 11.1. The second-order valence-electron chi connectivity index (χ2n) is 9.92. The molecule has 0 unspecified atom stereocenters. The second kappa shape index (κ2) is 7.75. The van der Waals surface area contributed by atoms with Crippen LogP contribution in [0.2, 0.25) is 0 Å². The summed E-state index contributed by atoms with van der Waals surface area (Å²) in [6.45, 7) is 7.95. The Labute approximate surface area is 187 Å². The van der Waals surface area contributed by atoms with Crippen molar-refractivity contribution in [3.63, 3.8) is 0 Å². The van der Waals surface area contributed by atoms with Crippen LogP contribution in [0.3, 0.4) is 0 Å². The van der Waals surface area contributed by atoms with E-state index in [2.05, 4.69) is 23.0 Å². The lowest BCUT2D eigenvalue weighted by molar-refractivity contribution is 0.0283. The Morgan fingerprint density at radius 2 is 1.94 bits per heavy atom. The maximum atomic E-state index is 10.0. The highest BCUT2D eigenvalue weighted by Crippen LogP contribution is 2.42. The number of aliphatic hydroxyl groups is 1. The van der Waals surface area contributed by atoms with Crippen molar-refractivity contribution in [3.8, 4) is 23.1 Å². The standard InChI is InChI=1S/C24H28N6O2/c1-15-4-16-11-29(12-17(16)5-15)22-10-26-21(9-27-22)20-6-19(32-14-24(2,3)31)13-30-23(20)18(7-25)8-28-30/h6,8-10,13,15-17,31H,4-5,11-12,14H2,1-3H3/t15-,16-,17+. The Hall–Kier alpha value is -3.18. The molecule has 32 heavy (non-hydrogen) atoms. The van der Waals surface area contributed by atoms with Crippen LogP contribution >= 0.6 is 0 Å². The van der Waals surface area contributed by atoms with Crippen LogP contribution < -0.4 is 9.64 Å². The van der Waals surface area contributed by atoms with Gasteiger partial charge in [0.05, 0.1) is 47.2 Å². The first-order chi connectivity index (χ1) is 15.3. The van der Waals surface area contributed by atoms with Crippen molar-refractivity contribution in [2.24, 2.45) is 17.8 Å². The average molecular weight is 433 g/mol.